The average molecular weight is 412 g/mol. The van der Waals surface area contributed by atoms with Crippen molar-refractivity contribution in [3.05, 3.63) is 29.3 Å². The molecular weight excluding hydrogens is 378 g/mol. The molecule has 0 saturated carbocycles. The van der Waals surface area contributed by atoms with E-state index in [-0.39, 0.29) is 5.91 Å². The van der Waals surface area contributed by atoms with E-state index in [0.717, 1.165) is 50.4 Å². The largest absolute Gasteiger partial charge is 0.379 e. The fraction of sp³-hybridized carbons (Fsp3) is 0.650. The third kappa shape index (κ3) is 7.07. The van der Waals surface area contributed by atoms with Crippen LogP contribution in [-0.4, -0.2) is 71.4 Å². The molecule has 158 valence electrons. The van der Waals surface area contributed by atoms with Gasteiger partial charge in [-0.15, -0.1) is 0 Å². The fourth-order valence-electron chi connectivity index (χ4n) is 3.30. The van der Waals surface area contributed by atoms with Crippen molar-refractivity contribution in [2.24, 2.45) is 0 Å². The Morgan fingerprint density at radius 3 is 2.61 bits per heavy atom. The van der Waals surface area contributed by atoms with Crippen LogP contribution in [0.25, 0.3) is 0 Å². The number of amides is 1. The standard InChI is InChI=1S/C20H33N3O4S/c1-17-7-4-8-19(18(17)2)23(28(3,25)26)12-5-9-20(24)21-10-6-11-22-13-15-27-16-14-22/h4,7-8H,5-6,9-16H2,1-3H3,(H,21,24). The molecule has 1 aliphatic heterocycles. The highest BCUT2D eigenvalue weighted by Crippen LogP contribution is 2.25. The lowest BCUT2D eigenvalue weighted by molar-refractivity contribution is -0.121. The summed E-state index contributed by atoms with van der Waals surface area (Å²) in [6.45, 7) is 9.24. The van der Waals surface area contributed by atoms with Crippen LogP contribution in [0.4, 0.5) is 5.69 Å². The minimum atomic E-state index is -3.40. The summed E-state index contributed by atoms with van der Waals surface area (Å²) < 4.78 is 31.2. The topological polar surface area (TPSA) is 79.0 Å². The van der Waals surface area contributed by atoms with Crippen LogP contribution in [0.5, 0.6) is 0 Å². The van der Waals surface area contributed by atoms with Gasteiger partial charge in [0.05, 0.1) is 25.2 Å². The number of nitrogens with zero attached hydrogens (tertiary/aromatic N) is 2. The maximum absolute atomic E-state index is 12.2. The molecule has 1 saturated heterocycles. The van der Waals surface area contributed by atoms with E-state index in [9.17, 15) is 13.2 Å². The minimum absolute atomic E-state index is 0.0311. The molecule has 1 aliphatic rings. The van der Waals surface area contributed by atoms with Gasteiger partial charge < -0.3 is 10.1 Å². The molecule has 1 aromatic rings. The van der Waals surface area contributed by atoms with E-state index < -0.39 is 10.0 Å². The predicted molar refractivity (Wildman–Crippen MR) is 112 cm³/mol. The van der Waals surface area contributed by atoms with Gasteiger partial charge in [-0.1, -0.05) is 12.1 Å². The zero-order valence-electron chi connectivity index (χ0n) is 17.2. The molecule has 0 atom stereocenters. The summed E-state index contributed by atoms with van der Waals surface area (Å²) in [6.07, 6.45) is 2.91. The van der Waals surface area contributed by atoms with E-state index in [1.54, 1.807) is 0 Å². The molecule has 28 heavy (non-hydrogen) atoms. The van der Waals surface area contributed by atoms with Crippen LogP contribution >= 0.6 is 0 Å². The molecule has 7 nitrogen and oxygen atoms in total. The number of carbonyl (C=O) groups is 1. The van der Waals surface area contributed by atoms with Gasteiger partial charge in [0.2, 0.25) is 15.9 Å². The van der Waals surface area contributed by atoms with Crippen molar-refractivity contribution >= 4 is 21.6 Å². The molecule has 8 heteroatoms. The molecule has 0 radical (unpaired) electrons. The second-order valence-electron chi connectivity index (χ2n) is 7.32. The molecule has 2 rings (SSSR count). The quantitative estimate of drug-likeness (QED) is 0.593. The smallest absolute Gasteiger partial charge is 0.232 e. The highest BCUT2D eigenvalue weighted by atomic mass is 32.2. The van der Waals surface area contributed by atoms with Gasteiger partial charge >= 0.3 is 0 Å². The summed E-state index contributed by atoms with van der Waals surface area (Å²) in [5.74, 6) is -0.0311. The van der Waals surface area contributed by atoms with Crippen molar-refractivity contribution in [1.82, 2.24) is 10.2 Å². The Bertz CT molecular complexity index is 746. The summed E-state index contributed by atoms with van der Waals surface area (Å²) in [4.78, 5) is 14.4. The summed E-state index contributed by atoms with van der Waals surface area (Å²) in [5.41, 5.74) is 2.68. The first-order valence-electron chi connectivity index (χ1n) is 9.90. The highest BCUT2D eigenvalue weighted by molar-refractivity contribution is 7.92. The van der Waals surface area contributed by atoms with Gasteiger partial charge in [-0.2, -0.15) is 0 Å². The van der Waals surface area contributed by atoms with E-state index in [2.05, 4.69) is 10.2 Å². The van der Waals surface area contributed by atoms with Gasteiger partial charge in [0.1, 0.15) is 0 Å². The van der Waals surface area contributed by atoms with Gasteiger partial charge in [-0.25, -0.2) is 8.42 Å². The molecular formula is C20H33N3O4S. The Kier molecular flexibility index (Phi) is 8.72. The molecule has 0 unspecified atom stereocenters. The van der Waals surface area contributed by atoms with Crippen molar-refractivity contribution in [3.8, 4) is 0 Å². The zero-order valence-corrected chi connectivity index (χ0v) is 18.1. The Balaban J connectivity index is 1.75. The van der Waals surface area contributed by atoms with Gasteiger partial charge in [0.25, 0.3) is 0 Å². The Morgan fingerprint density at radius 1 is 1.21 bits per heavy atom. The normalized spacial score (nSPS) is 15.4. The summed E-state index contributed by atoms with van der Waals surface area (Å²) in [5, 5.41) is 2.93. The van der Waals surface area contributed by atoms with Crippen LogP contribution in [0.3, 0.4) is 0 Å². The van der Waals surface area contributed by atoms with Crippen LogP contribution in [0.2, 0.25) is 0 Å². The average Bonchev–Trinajstić information content (AvgIpc) is 2.65. The number of morpholine rings is 1. The molecule has 0 aromatic heterocycles. The third-order valence-electron chi connectivity index (χ3n) is 5.09. The first kappa shape index (κ1) is 22.6. The third-order valence-corrected chi connectivity index (χ3v) is 6.27. The van der Waals surface area contributed by atoms with Gasteiger partial charge in [0, 0.05) is 32.6 Å². The molecule has 1 aromatic carbocycles. The molecule has 0 spiro atoms. The van der Waals surface area contributed by atoms with Crippen molar-refractivity contribution in [2.45, 2.75) is 33.1 Å². The van der Waals surface area contributed by atoms with Crippen molar-refractivity contribution < 1.29 is 17.9 Å². The Morgan fingerprint density at radius 2 is 1.93 bits per heavy atom. The van der Waals surface area contributed by atoms with Gasteiger partial charge in [-0.3, -0.25) is 14.0 Å². The van der Waals surface area contributed by atoms with E-state index in [0.29, 0.717) is 31.6 Å². The number of carbonyl (C=O) groups excluding carboxylic acids is 1. The maximum Gasteiger partial charge on any atom is 0.232 e. The number of anilines is 1. The summed E-state index contributed by atoms with van der Waals surface area (Å²) in [6, 6.07) is 5.63. The predicted octanol–water partition coefficient (Wildman–Crippen LogP) is 1.69. The maximum atomic E-state index is 12.2. The first-order valence-corrected chi connectivity index (χ1v) is 11.7. The number of sulfonamides is 1. The molecule has 1 N–H and O–H groups in total. The molecule has 1 amide bonds. The SMILES string of the molecule is Cc1cccc(N(CCCC(=O)NCCCN2CCOCC2)S(C)(=O)=O)c1C. The Hall–Kier alpha value is -1.64. The first-order chi connectivity index (χ1) is 13.3. The van der Waals surface area contributed by atoms with Gasteiger partial charge in [-0.05, 0) is 50.4 Å². The fourth-order valence-corrected chi connectivity index (χ4v) is 4.31. The van der Waals surface area contributed by atoms with Crippen molar-refractivity contribution in [1.29, 1.82) is 0 Å². The molecule has 0 aliphatic carbocycles. The molecule has 0 bridgehead atoms. The number of aryl methyl sites for hydroxylation is 1. The summed E-state index contributed by atoms with van der Waals surface area (Å²) >= 11 is 0. The number of hydrogen-bond donors (Lipinski definition) is 1. The number of hydrogen-bond acceptors (Lipinski definition) is 5. The van der Waals surface area contributed by atoms with E-state index in [1.807, 2.05) is 32.0 Å². The summed E-state index contributed by atoms with van der Waals surface area (Å²) in [7, 11) is -3.40. The van der Waals surface area contributed by atoms with Crippen molar-refractivity contribution in [3.63, 3.8) is 0 Å². The number of nitrogens with one attached hydrogen (secondary N) is 1. The van der Waals surface area contributed by atoms with Gasteiger partial charge in [0.15, 0.2) is 0 Å². The van der Waals surface area contributed by atoms with Crippen LogP contribution in [0, 0.1) is 13.8 Å². The lowest BCUT2D eigenvalue weighted by Gasteiger charge is -2.26. The lowest BCUT2D eigenvalue weighted by Crippen LogP contribution is -2.38. The van der Waals surface area contributed by atoms with Crippen LogP contribution in [0.1, 0.15) is 30.4 Å². The number of benzene rings is 1. The Labute approximate surface area is 169 Å². The van der Waals surface area contributed by atoms with Crippen LogP contribution < -0.4 is 9.62 Å². The lowest BCUT2D eigenvalue weighted by atomic mass is 10.1. The van der Waals surface area contributed by atoms with E-state index in [4.69, 9.17) is 4.74 Å². The zero-order chi connectivity index (χ0) is 20.6. The van der Waals surface area contributed by atoms with Crippen LogP contribution in [0.15, 0.2) is 18.2 Å². The highest BCUT2D eigenvalue weighted by Gasteiger charge is 2.19. The number of ether oxygens (including phenoxy) is 1. The molecule has 1 heterocycles. The monoisotopic (exact) mass is 411 g/mol. The van der Waals surface area contributed by atoms with E-state index in [1.165, 1.54) is 10.6 Å². The van der Waals surface area contributed by atoms with E-state index >= 15 is 0 Å². The number of rotatable bonds is 10. The molecule has 1 fully saturated rings. The van der Waals surface area contributed by atoms with Crippen molar-refractivity contribution in [2.75, 3.05) is 56.5 Å². The second-order valence-corrected chi connectivity index (χ2v) is 9.22. The minimum Gasteiger partial charge on any atom is -0.379 e. The van der Waals surface area contributed by atoms with Crippen LogP contribution in [-0.2, 0) is 19.6 Å². The second kappa shape index (κ2) is 10.8.